The van der Waals surface area contributed by atoms with Gasteiger partial charge in [0.15, 0.2) is 6.29 Å². The summed E-state index contributed by atoms with van der Waals surface area (Å²) >= 11 is 0. The van der Waals surface area contributed by atoms with Gasteiger partial charge in [0.25, 0.3) is 0 Å². The maximum absolute atomic E-state index is 13.2. The first-order valence-corrected chi connectivity index (χ1v) is 28.2. The fraction of sp³-hybridized carbons (Fsp3) is 0.323. The van der Waals surface area contributed by atoms with Crippen LogP contribution in [0.4, 0.5) is 0 Å². The van der Waals surface area contributed by atoms with Gasteiger partial charge < -0.3 is 47.4 Å². The second-order valence-electron chi connectivity index (χ2n) is 18.9. The largest absolute Gasteiger partial charge is 0.374 e. The Morgan fingerprint density at radius 3 is 0.947 bits per heavy atom. The van der Waals surface area contributed by atoms with E-state index in [1.165, 1.54) is 0 Å². The highest BCUT2D eigenvalue weighted by Gasteiger charge is 2.55. The van der Waals surface area contributed by atoms with E-state index in [4.69, 9.17) is 58.1 Å². The van der Waals surface area contributed by atoms with Gasteiger partial charge >= 0.3 is 0 Å². The third-order valence-corrected chi connectivity index (χ3v) is 14.3. The van der Waals surface area contributed by atoms with Crippen LogP contribution in [-0.2, 0) is 103 Å². The summed E-state index contributed by atoms with van der Waals surface area (Å²) in [6.45, 7) is 1.40. The van der Waals surface area contributed by atoms with Crippen LogP contribution in [0.1, 0.15) is 38.9 Å². The van der Waals surface area contributed by atoms with Gasteiger partial charge in [-0.15, -0.1) is 0 Å². The maximum Gasteiger partial charge on any atom is 0.235 e. The highest BCUT2D eigenvalue weighted by molar-refractivity contribution is 8.13. The summed E-state index contributed by atoms with van der Waals surface area (Å²) in [7, 11) is 1.95. The summed E-state index contributed by atoms with van der Waals surface area (Å²) in [5.74, 6) is -0.583. The van der Waals surface area contributed by atoms with Crippen molar-refractivity contribution >= 4 is 19.7 Å². The quantitative estimate of drug-likeness (QED) is 0.0455. The van der Waals surface area contributed by atoms with E-state index < -0.39 is 76.0 Å². The van der Waals surface area contributed by atoms with Crippen molar-refractivity contribution in [2.75, 3.05) is 19.0 Å². The van der Waals surface area contributed by atoms with E-state index in [0.29, 0.717) is 6.61 Å². The van der Waals surface area contributed by atoms with Gasteiger partial charge in [-0.25, -0.2) is 8.42 Å². The summed E-state index contributed by atoms with van der Waals surface area (Å²) in [5.41, 5.74) is 6.45. The Balaban J connectivity index is 1.13. The molecule has 0 saturated carbocycles. The Morgan fingerprint density at radius 2 is 0.605 bits per heavy atom. The molecule has 10 atom stereocenters. The Bertz CT molecular complexity index is 2830. The number of hydrogen-bond acceptors (Lipinski definition) is 12. The minimum Gasteiger partial charge on any atom is -0.374 e. The lowest BCUT2D eigenvalue weighted by molar-refractivity contribution is -0.362. The second kappa shape index (κ2) is 28.7. The third-order valence-electron chi connectivity index (χ3n) is 13.2. The zero-order chi connectivity index (χ0) is 52.2. The zero-order valence-electron chi connectivity index (χ0n) is 42.2. The Morgan fingerprint density at radius 1 is 0.329 bits per heavy atom. The lowest BCUT2D eigenvalue weighted by atomic mass is 9.93. The van der Waals surface area contributed by atoms with Crippen molar-refractivity contribution in [3.05, 3.63) is 251 Å². The molecule has 12 nitrogen and oxygen atoms in total. The van der Waals surface area contributed by atoms with Crippen molar-refractivity contribution in [3.8, 4) is 0 Å². The molecule has 0 bridgehead atoms. The molecular formula is C62H65ClO12S. The van der Waals surface area contributed by atoms with Gasteiger partial charge in [0, 0.05) is 10.7 Å². The average molecular weight is 1070 g/mol. The van der Waals surface area contributed by atoms with Gasteiger partial charge in [-0.05, 0) is 38.9 Å². The van der Waals surface area contributed by atoms with Crippen molar-refractivity contribution < 1.29 is 55.8 Å². The van der Waals surface area contributed by atoms with Crippen LogP contribution in [0.2, 0.25) is 0 Å². The molecule has 2 aliphatic heterocycles. The lowest BCUT2D eigenvalue weighted by Gasteiger charge is -2.50. The molecule has 9 rings (SSSR count). The molecule has 2 aliphatic rings. The fourth-order valence-corrected chi connectivity index (χ4v) is 10.5. The highest BCUT2D eigenvalue weighted by atomic mass is 35.7. The molecular weight excluding hydrogens is 1000 g/mol. The molecule has 0 radical (unpaired) electrons. The predicted octanol–water partition coefficient (Wildman–Crippen LogP) is 10.8. The van der Waals surface area contributed by atoms with Crippen molar-refractivity contribution in [1.29, 1.82) is 0 Å². The average Bonchev–Trinajstić information content (AvgIpc) is 3.45. The van der Waals surface area contributed by atoms with Crippen LogP contribution in [0.15, 0.2) is 212 Å². The zero-order valence-corrected chi connectivity index (χ0v) is 43.8. The van der Waals surface area contributed by atoms with Crippen LogP contribution in [0.25, 0.3) is 0 Å². The SMILES string of the molecule is O=S(=O)(Cl)CC1OC(COCc2ccccc2)[C@H](OC2OC(COCc3ccccc3)[C@H](OCc3ccccc3)[C@H](OCc3ccccc3)[C@H]2OCc2ccccc2)[C@H](OCc2ccccc2)[C@H]1OCc1ccccc1. The first-order valence-electron chi connectivity index (χ1n) is 25.7. The van der Waals surface area contributed by atoms with Crippen LogP contribution < -0.4 is 0 Å². The molecule has 0 aromatic heterocycles. The maximum atomic E-state index is 13.2. The van der Waals surface area contributed by atoms with Gasteiger partial charge in [0.05, 0.1) is 65.2 Å². The molecule has 0 amide bonds. The molecule has 76 heavy (non-hydrogen) atoms. The van der Waals surface area contributed by atoms with Gasteiger partial charge in [-0.3, -0.25) is 0 Å². The van der Waals surface area contributed by atoms with E-state index in [1.807, 2.05) is 212 Å². The third kappa shape index (κ3) is 16.7. The van der Waals surface area contributed by atoms with E-state index >= 15 is 0 Å². The van der Waals surface area contributed by atoms with E-state index in [9.17, 15) is 8.42 Å². The molecule has 0 aliphatic carbocycles. The Kier molecular flexibility index (Phi) is 20.8. The normalized spacial score (nSPS) is 23.8. The molecule has 7 aromatic carbocycles. The number of halogens is 1. The summed E-state index contributed by atoms with van der Waals surface area (Å²) < 4.78 is 95.8. The molecule has 2 saturated heterocycles. The molecule has 2 fully saturated rings. The first-order chi connectivity index (χ1) is 37.3. The summed E-state index contributed by atoms with van der Waals surface area (Å²) in [6.07, 6.45) is -9.71. The number of benzene rings is 7. The monoisotopic (exact) mass is 1070 g/mol. The lowest BCUT2D eigenvalue weighted by Crippen LogP contribution is -2.66. The van der Waals surface area contributed by atoms with E-state index in [2.05, 4.69) is 0 Å². The first kappa shape index (κ1) is 55.1. The van der Waals surface area contributed by atoms with Gasteiger partial charge in [-0.1, -0.05) is 212 Å². The summed E-state index contributed by atoms with van der Waals surface area (Å²) in [5, 5.41) is 0. The van der Waals surface area contributed by atoms with Gasteiger partial charge in [0.1, 0.15) is 54.9 Å². The van der Waals surface area contributed by atoms with Crippen molar-refractivity contribution in [2.24, 2.45) is 0 Å². The van der Waals surface area contributed by atoms with Gasteiger partial charge in [0.2, 0.25) is 9.05 Å². The van der Waals surface area contributed by atoms with Crippen molar-refractivity contribution in [3.63, 3.8) is 0 Å². The van der Waals surface area contributed by atoms with Crippen LogP contribution in [0.5, 0.6) is 0 Å². The molecule has 0 N–H and O–H groups in total. The van der Waals surface area contributed by atoms with Gasteiger partial charge in [-0.2, -0.15) is 0 Å². The predicted molar refractivity (Wildman–Crippen MR) is 289 cm³/mol. The minimum absolute atomic E-state index is 0.0440. The number of rotatable bonds is 27. The summed E-state index contributed by atoms with van der Waals surface area (Å²) in [6, 6.07) is 68.7. The van der Waals surface area contributed by atoms with E-state index in [0.717, 1.165) is 38.9 Å². The molecule has 4 unspecified atom stereocenters. The second-order valence-corrected chi connectivity index (χ2v) is 21.7. The fourth-order valence-electron chi connectivity index (χ4n) is 9.42. The van der Waals surface area contributed by atoms with E-state index in [-0.39, 0.29) is 52.9 Å². The molecule has 398 valence electrons. The van der Waals surface area contributed by atoms with E-state index in [1.54, 1.807) is 0 Å². The van der Waals surface area contributed by atoms with Crippen LogP contribution in [0, 0.1) is 0 Å². The van der Waals surface area contributed by atoms with Crippen molar-refractivity contribution in [1.82, 2.24) is 0 Å². The number of ether oxygens (including phenoxy) is 10. The van der Waals surface area contributed by atoms with Crippen LogP contribution in [-0.4, -0.2) is 88.6 Å². The highest BCUT2D eigenvalue weighted by Crippen LogP contribution is 2.37. The topological polar surface area (TPSA) is 126 Å². The number of hydrogen-bond donors (Lipinski definition) is 0. The standard InChI is InChI=1S/C62H65ClO12S/c63-76(64,65)45-55-57(69-39-49-28-14-4-15-29-49)59(70-40-50-30-16-5-17-31-50)58(54(73-55)44-67-37-47-24-10-2-11-25-47)75-62-61(72-42-52-34-20-7-21-35-52)60(71-41-51-32-18-6-19-33-51)56(68-38-48-26-12-3-13-27-48)53(74-62)43-66-36-46-22-8-1-9-23-46/h1-35,53-62H,36-45H2/t53?,54?,55?,56-,57-,58-,59+,60-,61+,62?/m0/s1. The minimum atomic E-state index is -4.17. The van der Waals surface area contributed by atoms with Crippen molar-refractivity contribution in [2.45, 2.75) is 107 Å². The summed E-state index contributed by atoms with van der Waals surface area (Å²) in [4.78, 5) is 0. The molecule has 2 heterocycles. The smallest absolute Gasteiger partial charge is 0.235 e. The van der Waals surface area contributed by atoms with Crippen LogP contribution in [0.3, 0.4) is 0 Å². The Hall–Kier alpha value is -5.62. The molecule has 7 aromatic rings. The Labute approximate surface area is 451 Å². The molecule has 0 spiro atoms. The van der Waals surface area contributed by atoms with Crippen LogP contribution >= 0.6 is 10.7 Å². The molecule has 14 heteroatoms.